The molecule has 0 aliphatic heterocycles. The van der Waals surface area contributed by atoms with Gasteiger partial charge in [-0.1, -0.05) is 49.4 Å². The van der Waals surface area contributed by atoms with Gasteiger partial charge in [-0.05, 0) is 31.0 Å². The molecule has 1 amide bonds. The van der Waals surface area contributed by atoms with Gasteiger partial charge in [0.25, 0.3) is 0 Å². The van der Waals surface area contributed by atoms with Crippen molar-refractivity contribution < 1.29 is 9.53 Å². The minimum absolute atomic E-state index is 0.00384. The zero-order valence-corrected chi connectivity index (χ0v) is 12.5. The molecule has 110 valence electrons. The first-order valence-corrected chi connectivity index (χ1v) is 7.33. The van der Waals surface area contributed by atoms with E-state index in [-0.39, 0.29) is 11.8 Å². The molecule has 0 heterocycles. The molecule has 0 saturated carbocycles. The lowest BCUT2D eigenvalue weighted by atomic mass is 9.95. The third kappa shape index (κ3) is 3.85. The average molecular weight is 283 g/mol. The number of hydrogen-bond acceptors (Lipinski definition) is 2. The molecule has 0 aliphatic rings. The van der Waals surface area contributed by atoms with Crippen LogP contribution in [0.4, 0.5) is 5.69 Å². The van der Waals surface area contributed by atoms with Gasteiger partial charge in [-0.3, -0.25) is 4.79 Å². The highest BCUT2D eigenvalue weighted by atomic mass is 16.5. The van der Waals surface area contributed by atoms with Crippen molar-refractivity contribution in [2.75, 3.05) is 11.9 Å². The second kappa shape index (κ2) is 7.48. The molecule has 0 aromatic heterocycles. The maximum atomic E-state index is 12.5. The fourth-order valence-electron chi connectivity index (χ4n) is 2.33. The number of carbonyl (C=O) groups is 1. The van der Waals surface area contributed by atoms with E-state index in [4.69, 9.17) is 4.74 Å². The van der Waals surface area contributed by atoms with Gasteiger partial charge < -0.3 is 10.1 Å². The van der Waals surface area contributed by atoms with E-state index in [0.29, 0.717) is 12.4 Å². The molecule has 1 atom stereocenters. The maximum absolute atomic E-state index is 12.5. The lowest BCUT2D eigenvalue weighted by Gasteiger charge is -2.17. The van der Waals surface area contributed by atoms with Gasteiger partial charge in [-0.2, -0.15) is 0 Å². The van der Waals surface area contributed by atoms with Gasteiger partial charge in [0.1, 0.15) is 5.75 Å². The predicted molar refractivity (Wildman–Crippen MR) is 85.7 cm³/mol. The van der Waals surface area contributed by atoms with Crippen LogP contribution in [-0.2, 0) is 4.79 Å². The summed E-state index contributed by atoms with van der Waals surface area (Å²) in [5.74, 6) is 0.549. The van der Waals surface area contributed by atoms with Crippen LogP contribution in [0.5, 0.6) is 5.75 Å². The van der Waals surface area contributed by atoms with Gasteiger partial charge in [0, 0.05) is 0 Å². The van der Waals surface area contributed by atoms with Crippen LogP contribution in [-0.4, -0.2) is 12.5 Å². The Bertz CT molecular complexity index is 581. The highest BCUT2D eigenvalue weighted by Crippen LogP contribution is 2.27. The standard InChI is InChI=1S/C18H21NO2/c1-3-15(14-10-6-5-7-11-14)18(20)19-16-12-8-9-13-17(16)21-4-2/h5-13,15H,3-4H2,1-2H3,(H,19,20)/t15-/m0/s1. The Hall–Kier alpha value is -2.29. The van der Waals surface area contributed by atoms with Gasteiger partial charge >= 0.3 is 0 Å². The van der Waals surface area contributed by atoms with E-state index < -0.39 is 0 Å². The smallest absolute Gasteiger partial charge is 0.232 e. The summed E-state index contributed by atoms with van der Waals surface area (Å²) in [6.45, 7) is 4.52. The highest BCUT2D eigenvalue weighted by molar-refractivity contribution is 5.97. The monoisotopic (exact) mass is 283 g/mol. The zero-order valence-electron chi connectivity index (χ0n) is 12.5. The molecule has 0 bridgehead atoms. The van der Waals surface area contributed by atoms with Gasteiger partial charge in [0.2, 0.25) is 5.91 Å². The van der Waals surface area contributed by atoms with E-state index >= 15 is 0 Å². The van der Waals surface area contributed by atoms with Gasteiger partial charge in [-0.25, -0.2) is 0 Å². The van der Waals surface area contributed by atoms with Crippen LogP contribution >= 0.6 is 0 Å². The first-order chi connectivity index (χ1) is 10.3. The number of hydrogen-bond donors (Lipinski definition) is 1. The van der Waals surface area contributed by atoms with Crippen LogP contribution < -0.4 is 10.1 Å². The topological polar surface area (TPSA) is 38.3 Å². The summed E-state index contributed by atoms with van der Waals surface area (Å²) in [6.07, 6.45) is 0.757. The third-order valence-corrected chi connectivity index (χ3v) is 3.37. The Morgan fingerprint density at radius 2 is 1.71 bits per heavy atom. The molecule has 0 fully saturated rings. The predicted octanol–water partition coefficient (Wildman–Crippen LogP) is 4.22. The van der Waals surface area contributed by atoms with Crippen molar-refractivity contribution in [3.63, 3.8) is 0 Å². The summed E-state index contributed by atoms with van der Waals surface area (Å²) in [6, 6.07) is 17.4. The van der Waals surface area contributed by atoms with E-state index in [1.165, 1.54) is 0 Å². The zero-order chi connectivity index (χ0) is 15.1. The second-order valence-corrected chi connectivity index (χ2v) is 4.79. The van der Waals surface area contributed by atoms with Gasteiger partial charge in [-0.15, -0.1) is 0 Å². The Morgan fingerprint density at radius 3 is 2.38 bits per heavy atom. The number of rotatable bonds is 6. The molecule has 2 rings (SSSR count). The first kappa shape index (κ1) is 15.1. The van der Waals surface area contributed by atoms with Crippen LogP contribution in [0.2, 0.25) is 0 Å². The molecule has 0 aliphatic carbocycles. The summed E-state index contributed by atoms with van der Waals surface area (Å²) < 4.78 is 5.54. The number of benzene rings is 2. The fraction of sp³-hybridized carbons (Fsp3) is 0.278. The van der Waals surface area contributed by atoms with Crippen LogP contribution in [0.3, 0.4) is 0 Å². The van der Waals surface area contributed by atoms with Gasteiger partial charge in [0.15, 0.2) is 0 Å². The van der Waals surface area contributed by atoms with Crippen molar-refractivity contribution in [1.29, 1.82) is 0 Å². The summed E-state index contributed by atoms with van der Waals surface area (Å²) >= 11 is 0. The number of anilines is 1. The average Bonchev–Trinajstić information content (AvgIpc) is 2.51. The SMILES string of the molecule is CCOc1ccccc1NC(=O)[C@@H](CC)c1ccccc1. The molecular weight excluding hydrogens is 262 g/mol. The molecule has 21 heavy (non-hydrogen) atoms. The van der Waals surface area contributed by atoms with E-state index in [1.54, 1.807) is 0 Å². The quantitative estimate of drug-likeness (QED) is 0.862. The Labute approximate surface area is 126 Å². The van der Waals surface area contributed by atoms with Gasteiger partial charge in [0.05, 0.1) is 18.2 Å². The minimum Gasteiger partial charge on any atom is -0.492 e. The summed E-state index contributed by atoms with van der Waals surface area (Å²) in [7, 11) is 0. The minimum atomic E-state index is -0.152. The normalized spacial score (nSPS) is 11.7. The van der Waals surface area contributed by atoms with Crippen LogP contribution in [0.25, 0.3) is 0 Å². The molecule has 2 aromatic rings. The van der Waals surface area contributed by atoms with E-state index in [2.05, 4.69) is 5.32 Å². The Kier molecular flexibility index (Phi) is 5.38. The van der Waals surface area contributed by atoms with Crippen molar-refractivity contribution in [2.45, 2.75) is 26.2 Å². The number of ether oxygens (including phenoxy) is 1. The number of amides is 1. The van der Waals surface area contributed by atoms with E-state index in [9.17, 15) is 4.79 Å². The van der Waals surface area contributed by atoms with Crippen molar-refractivity contribution >= 4 is 11.6 Å². The molecule has 0 unspecified atom stereocenters. The Morgan fingerprint density at radius 1 is 1.05 bits per heavy atom. The summed E-state index contributed by atoms with van der Waals surface area (Å²) in [5.41, 5.74) is 1.75. The lowest BCUT2D eigenvalue weighted by Crippen LogP contribution is -2.21. The summed E-state index contributed by atoms with van der Waals surface area (Å²) in [4.78, 5) is 12.5. The molecule has 1 N–H and O–H groups in total. The third-order valence-electron chi connectivity index (χ3n) is 3.37. The van der Waals surface area contributed by atoms with Crippen LogP contribution in [0.1, 0.15) is 31.7 Å². The fourth-order valence-corrected chi connectivity index (χ4v) is 2.33. The summed E-state index contributed by atoms with van der Waals surface area (Å²) in [5, 5.41) is 2.98. The first-order valence-electron chi connectivity index (χ1n) is 7.33. The van der Waals surface area contributed by atoms with Crippen molar-refractivity contribution in [3.8, 4) is 5.75 Å². The number of nitrogens with one attached hydrogen (secondary N) is 1. The molecular formula is C18H21NO2. The highest BCUT2D eigenvalue weighted by Gasteiger charge is 2.19. The molecule has 0 radical (unpaired) electrons. The van der Waals surface area contributed by atoms with E-state index in [1.807, 2.05) is 68.4 Å². The maximum Gasteiger partial charge on any atom is 0.232 e. The molecule has 0 spiro atoms. The molecule has 3 heteroatoms. The molecule has 2 aromatic carbocycles. The largest absolute Gasteiger partial charge is 0.492 e. The number of carbonyl (C=O) groups excluding carboxylic acids is 1. The second-order valence-electron chi connectivity index (χ2n) is 4.79. The number of para-hydroxylation sites is 2. The van der Waals surface area contributed by atoms with E-state index in [0.717, 1.165) is 17.7 Å². The Balaban J connectivity index is 2.17. The van der Waals surface area contributed by atoms with Crippen molar-refractivity contribution in [2.24, 2.45) is 0 Å². The van der Waals surface area contributed by atoms with Crippen LogP contribution in [0.15, 0.2) is 54.6 Å². The molecule has 0 saturated heterocycles. The van der Waals surface area contributed by atoms with Crippen LogP contribution in [0, 0.1) is 0 Å². The van der Waals surface area contributed by atoms with Crippen molar-refractivity contribution in [1.82, 2.24) is 0 Å². The lowest BCUT2D eigenvalue weighted by molar-refractivity contribution is -0.117. The molecule has 3 nitrogen and oxygen atoms in total. The van der Waals surface area contributed by atoms with Crippen molar-refractivity contribution in [3.05, 3.63) is 60.2 Å².